The van der Waals surface area contributed by atoms with Gasteiger partial charge in [-0.15, -0.1) is 0 Å². The molecule has 1 fully saturated rings. The highest BCUT2D eigenvalue weighted by molar-refractivity contribution is 5.89. The van der Waals surface area contributed by atoms with Gasteiger partial charge in [0, 0.05) is 45.5 Å². The van der Waals surface area contributed by atoms with Crippen LogP contribution in [-0.2, 0) is 7.05 Å². The van der Waals surface area contributed by atoms with Gasteiger partial charge in [0.15, 0.2) is 11.6 Å². The van der Waals surface area contributed by atoms with E-state index in [-0.39, 0.29) is 17.6 Å². The van der Waals surface area contributed by atoms with E-state index < -0.39 is 5.82 Å². The van der Waals surface area contributed by atoms with Crippen LogP contribution in [-0.4, -0.2) is 52.0 Å². The van der Waals surface area contributed by atoms with E-state index in [0.717, 1.165) is 18.8 Å². The van der Waals surface area contributed by atoms with E-state index in [4.69, 9.17) is 4.52 Å². The molecule has 1 aromatic carbocycles. The summed E-state index contributed by atoms with van der Waals surface area (Å²) in [7, 11) is 1.88. The molecule has 8 nitrogen and oxygen atoms in total. The van der Waals surface area contributed by atoms with Crippen LogP contribution < -0.4 is 10.2 Å². The minimum absolute atomic E-state index is 0.255. The molecule has 1 aliphatic heterocycles. The first-order chi connectivity index (χ1) is 13.1. The number of hydrogen-bond acceptors (Lipinski definition) is 5. The highest BCUT2D eigenvalue weighted by Crippen LogP contribution is 2.25. The SMILES string of the molecule is Cn1cc(N2CCN(C(=O)Nc3cc(-c4ccccc4F)on3)CC2)cn1. The maximum Gasteiger partial charge on any atom is 0.323 e. The summed E-state index contributed by atoms with van der Waals surface area (Å²) in [6, 6.07) is 7.51. The minimum Gasteiger partial charge on any atom is -0.365 e. The van der Waals surface area contributed by atoms with Crippen molar-refractivity contribution in [3.05, 3.63) is 48.5 Å². The Kier molecular flexibility index (Phi) is 4.49. The Morgan fingerprint density at radius 2 is 2.00 bits per heavy atom. The Morgan fingerprint density at radius 3 is 2.70 bits per heavy atom. The third kappa shape index (κ3) is 3.62. The number of hydrogen-bond donors (Lipinski definition) is 1. The summed E-state index contributed by atoms with van der Waals surface area (Å²) in [5.74, 6) is 0.121. The molecule has 140 valence electrons. The Hall–Kier alpha value is -3.36. The van der Waals surface area contributed by atoms with Crippen LogP contribution in [0.3, 0.4) is 0 Å². The van der Waals surface area contributed by atoms with Crippen molar-refractivity contribution < 1.29 is 13.7 Å². The number of anilines is 2. The molecule has 2 aromatic heterocycles. The lowest BCUT2D eigenvalue weighted by Crippen LogP contribution is -2.50. The molecular weight excluding hydrogens is 351 g/mol. The minimum atomic E-state index is -0.405. The number of benzene rings is 1. The van der Waals surface area contributed by atoms with Crippen LogP contribution in [0, 0.1) is 5.82 Å². The maximum absolute atomic E-state index is 13.8. The van der Waals surface area contributed by atoms with E-state index in [2.05, 4.69) is 20.5 Å². The number of piperazine rings is 1. The summed E-state index contributed by atoms with van der Waals surface area (Å²) in [5.41, 5.74) is 1.35. The van der Waals surface area contributed by atoms with Gasteiger partial charge in [0.1, 0.15) is 5.82 Å². The molecule has 3 aromatic rings. The standard InChI is InChI=1S/C18H19FN6O2/c1-23-12-13(11-20-23)24-6-8-25(9-7-24)18(26)21-17-10-16(27-22-17)14-4-2-3-5-15(14)19/h2-5,10-12H,6-9H2,1H3,(H,21,22,26). The number of rotatable bonds is 3. The van der Waals surface area contributed by atoms with Crippen LogP contribution in [0.25, 0.3) is 11.3 Å². The maximum atomic E-state index is 13.8. The third-order valence-electron chi connectivity index (χ3n) is 4.51. The van der Waals surface area contributed by atoms with Crippen LogP contribution in [0.1, 0.15) is 0 Å². The summed E-state index contributed by atoms with van der Waals surface area (Å²) in [5, 5.41) is 10.7. The van der Waals surface area contributed by atoms with Gasteiger partial charge in [0.05, 0.1) is 17.4 Å². The fourth-order valence-corrected chi connectivity index (χ4v) is 3.05. The quantitative estimate of drug-likeness (QED) is 0.767. The van der Waals surface area contributed by atoms with Gasteiger partial charge < -0.3 is 14.3 Å². The van der Waals surface area contributed by atoms with Crippen LogP contribution in [0.2, 0.25) is 0 Å². The van der Waals surface area contributed by atoms with Crippen molar-refractivity contribution in [2.75, 3.05) is 36.4 Å². The van der Waals surface area contributed by atoms with Crippen molar-refractivity contribution in [1.29, 1.82) is 0 Å². The van der Waals surface area contributed by atoms with E-state index in [0.29, 0.717) is 18.7 Å². The second-order valence-electron chi connectivity index (χ2n) is 6.33. The number of urea groups is 1. The lowest BCUT2D eigenvalue weighted by Gasteiger charge is -2.35. The number of amides is 2. The Bertz CT molecular complexity index is 945. The molecule has 2 amide bonds. The molecule has 0 saturated carbocycles. The highest BCUT2D eigenvalue weighted by Gasteiger charge is 2.23. The van der Waals surface area contributed by atoms with Gasteiger partial charge in [-0.05, 0) is 12.1 Å². The second-order valence-corrected chi connectivity index (χ2v) is 6.33. The van der Waals surface area contributed by atoms with Crippen molar-refractivity contribution in [2.45, 2.75) is 0 Å². The van der Waals surface area contributed by atoms with Crippen molar-refractivity contribution in [2.24, 2.45) is 7.05 Å². The number of aromatic nitrogens is 3. The molecule has 0 atom stereocenters. The van der Waals surface area contributed by atoms with Gasteiger partial charge in [0.2, 0.25) is 0 Å². The Balaban J connectivity index is 1.36. The molecule has 0 unspecified atom stereocenters. The summed E-state index contributed by atoms with van der Waals surface area (Å²) in [4.78, 5) is 16.3. The lowest BCUT2D eigenvalue weighted by molar-refractivity contribution is 0.208. The smallest absolute Gasteiger partial charge is 0.323 e. The first kappa shape index (κ1) is 17.1. The molecule has 1 saturated heterocycles. The molecule has 27 heavy (non-hydrogen) atoms. The summed E-state index contributed by atoms with van der Waals surface area (Å²) >= 11 is 0. The highest BCUT2D eigenvalue weighted by atomic mass is 19.1. The van der Waals surface area contributed by atoms with Crippen LogP contribution in [0.4, 0.5) is 20.7 Å². The van der Waals surface area contributed by atoms with Gasteiger partial charge in [0.25, 0.3) is 0 Å². The fourth-order valence-electron chi connectivity index (χ4n) is 3.05. The zero-order chi connectivity index (χ0) is 18.8. The number of carbonyl (C=O) groups is 1. The normalized spacial score (nSPS) is 14.4. The van der Waals surface area contributed by atoms with Crippen LogP contribution in [0.5, 0.6) is 0 Å². The number of nitrogens with zero attached hydrogens (tertiary/aromatic N) is 5. The molecule has 1 aliphatic rings. The molecule has 4 rings (SSSR count). The van der Waals surface area contributed by atoms with Crippen LogP contribution in [0.15, 0.2) is 47.2 Å². The van der Waals surface area contributed by atoms with Crippen LogP contribution >= 0.6 is 0 Å². The van der Waals surface area contributed by atoms with E-state index in [1.165, 1.54) is 12.1 Å². The zero-order valence-corrected chi connectivity index (χ0v) is 14.8. The third-order valence-corrected chi connectivity index (χ3v) is 4.51. The van der Waals surface area contributed by atoms with Gasteiger partial charge in [-0.3, -0.25) is 10.00 Å². The second kappa shape index (κ2) is 7.10. The topological polar surface area (TPSA) is 79.4 Å². The first-order valence-corrected chi connectivity index (χ1v) is 8.61. The lowest BCUT2D eigenvalue weighted by atomic mass is 10.1. The molecule has 0 bridgehead atoms. The summed E-state index contributed by atoms with van der Waals surface area (Å²) in [6.45, 7) is 2.61. The number of nitrogens with one attached hydrogen (secondary N) is 1. The fraction of sp³-hybridized carbons (Fsp3) is 0.278. The van der Waals surface area contributed by atoms with Gasteiger partial charge in [-0.1, -0.05) is 17.3 Å². The molecule has 0 spiro atoms. The monoisotopic (exact) mass is 370 g/mol. The van der Waals surface area contributed by atoms with Crippen molar-refractivity contribution in [3.8, 4) is 11.3 Å². The van der Waals surface area contributed by atoms with Crippen molar-refractivity contribution in [3.63, 3.8) is 0 Å². The van der Waals surface area contributed by atoms with E-state index in [1.807, 2.05) is 19.4 Å². The molecule has 0 aliphatic carbocycles. The summed E-state index contributed by atoms with van der Waals surface area (Å²) in [6.07, 6.45) is 3.77. The molecule has 0 radical (unpaired) electrons. The molecule has 1 N–H and O–H groups in total. The first-order valence-electron chi connectivity index (χ1n) is 8.61. The van der Waals surface area contributed by atoms with E-state index in [1.54, 1.807) is 27.8 Å². The predicted molar refractivity (Wildman–Crippen MR) is 97.9 cm³/mol. The van der Waals surface area contributed by atoms with Gasteiger partial charge in [-0.2, -0.15) is 5.10 Å². The number of carbonyl (C=O) groups excluding carboxylic acids is 1. The van der Waals surface area contributed by atoms with Crippen molar-refractivity contribution >= 4 is 17.5 Å². The molecule has 3 heterocycles. The Morgan fingerprint density at radius 1 is 1.22 bits per heavy atom. The average Bonchev–Trinajstić information content (AvgIpc) is 3.31. The Labute approximate surface area is 155 Å². The van der Waals surface area contributed by atoms with Gasteiger partial charge >= 0.3 is 6.03 Å². The van der Waals surface area contributed by atoms with Crippen molar-refractivity contribution in [1.82, 2.24) is 19.8 Å². The van der Waals surface area contributed by atoms with E-state index >= 15 is 0 Å². The predicted octanol–water partition coefficient (Wildman–Crippen LogP) is 2.57. The number of halogens is 1. The molecular formula is C18H19FN6O2. The average molecular weight is 370 g/mol. The molecule has 9 heteroatoms. The largest absolute Gasteiger partial charge is 0.365 e. The summed E-state index contributed by atoms with van der Waals surface area (Å²) < 4.78 is 20.7. The zero-order valence-electron chi connectivity index (χ0n) is 14.8. The van der Waals surface area contributed by atoms with Gasteiger partial charge in [-0.25, -0.2) is 9.18 Å². The number of aryl methyl sites for hydroxylation is 1. The van der Waals surface area contributed by atoms with E-state index in [9.17, 15) is 9.18 Å².